The molecule has 1 atom stereocenters. The minimum Gasteiger partial charge on any atom is -0.392 e. The smallest absolute Gasteiger partial charge is 0.243 e. The molecule has 112 valence electrons. The summed E-state index contributed by atoms with van der Waals surface area (Å²) in [5.74, 6) is -0.989. The summed E-state index contributed by atoms with van der Waals surface area (Å²) in [7, 11) is -4.03. The third kappa shape index (κ3) is 3.48. The number of nitrogens with one attached hydrogen (secondary N) is 1. The number of rotatable bonds is 5. The van der Waals surface area contributed by atoms with Gasteiger partial charge in [-0.15, -0.1) is 0 Å². The monoisotopic (exact) mass is 323 g/mol. The van der Waals surface area contributed by atoms with Gasteiger partial charge in [0.1, 0.15) is 10.7 Å². The highest BCUT2D eigenvalue weighted by Gasteiger charge is 2.24. The van der Waals surface area contributed by atoms with Crippen LogP contribution in [0, 0.1) is 5.82 Å². The molecule has 1 saturated heterocycles. The van der Waals surface area contributed by atoms with Crippen molar-refractivity contribution in [2.75, 3.05) is 13.2 Å². The van der Waals surface area contributed by atoms with Crippen molar-refractivity contribution in [3.8, 4) is 0 Å². The van der Waals surface area contributed by atoms with Gasteiger partial charge in [0.25, 0.3) is 0 Å². The van der Waals surface area contributed by atoms with E-state index < -0.39 is 27.3 Å². The molecule has 0 amide bonds. The lowest BCUT2D eigenvalue weighted by atomic mass is 10.2. The number of halogens is 2. The van der Waals surface area contributed by atoms with E-state index in [1.54, 1.807) is 0 Å². The lowest BCUT2D eigenvalue weighted by Crippen LogP contribution is -2.32. The van der Waals surface area contributed by atoms with Gasteiger partial charge in [-0.3, -0.25) is 0 Å². The number of benzene rings is 1. The van der Waals surface area contributed by atoms with Crippen molar-refractivity contribution < 1.29 is 22.7 Å². The van der Waals surface area contributed by atoms with E-state index in [4.69, 9.17) is 21.4 Å². The number of hydrogen-bond donors (Lipinski definition) is 2. The second-order valence-corrected chi connectivity index (χ2v) is 6.69. The van der Waals surface area contributed by atoms with Gasteiger partial charge >= 0.3 is 0 Å². The molecule has 1 aliphatic rings. The van der Waals surface area contributed by atoms with Crippen LogP contribution in [0.2, 0.25) is 5.02 Å². The van der Waals surface area contributed by atoms with E-state index in [1.807, 2.05) is 0 Å². The number of ether oxygens (including phenoxy) is 1. The van der Waals surface area contributed by atoms with E-state index in [1.165, 1.54) is 6.07 Å². The molecule has 1 unspecified atom stereocenters. The fraction of sp³-hybridized carbons (Fsp3) is 0.500. The Morgan fingerprint density at radius 2 is 2.25 bits per heavy atom. The molecular weight excluding hydrogens is 309 g/mol. The van der Waals surface area contributed by atoms with Crippen molar-refractivity contribution in [1.82, 2.24) is 4.72 Å². The summed E-state index contributed by atoms with van der Waals surface area (Å²) < 4.78 is 45.7. The number of aliphatic hydroxyl groups is 1. The average Bonchev–Trinajstić information content (AvgIpc) is 2.92. The van der Waals surface area contributed by atoms with Gasteiger partial charge in [-0.2, -0.15) is 0 Å². The molecule has 0 aromatic heterocycles. The first-order valence-corrected chi connectivity index (χ1v) is 8.00. The van der Waals surface area contributed by atoms with Crippen LogP contribution in [0.15, 0.2) is 17.0 Å². The van der Waals surface area contributed by atoms with E-state index in [2.05, 4.69) is 4.72 Å². The predicted molar refractivity (Wildman–Crippen MR) is 71.5 cm³/mol. The highest BCUT2D eigenvalue weighted by molar-refractivity contribution is 7.89. The molecule has 0 spiro atoms. The molecule has 8 heteroatoms. The van der Waals surface area contributed by atoms with Gasteiger partial charge in [-0.25, -0.2) is 17.5 Å². The van der Waals surface area contributed by atoms with Gasteiger partial charge in [-0.05, 0) is 25.0 Å². The Balaban J connectivity index is 2.22. The molecule has 1 fully saturated rings. The number of aliphatic hydroxyl groups excluding tert-OH is 1. The molecule has 1 aromatic carbocycles. The van der Waals surface area contributed by atoms with E-state index in [-0.39, 0.29) is 23.2 Å². The number of hydrogen-bond acceptors (Lipinski definition) is 4. The summed E-state index contributed by atoms with van der Waals surface area (Å²) in [5, 5.41) is 9.05. The maximum absolute atomic E-state index is 14.0. The van der Waals surface area contributed by atoms with E-state index in [0.29, 0.717) is 6.61 Å². The van der Waals surface area contributed by atoms with E-state index in [9.17, 15) is 12.8 Å². The molecule has 2 rings (SSSR count). The average molecular weight is 324 g/mol. The molecule has 5 nitrogen and oxygen atoms in total. The Morgan fingerprint density at radius 1 is 1.50 bits per heavy atom. The SMILES string of the molecule is O=S(=O)(NCC1CCCO1)c1cc(Cl)cc(CO)c1F. The molecule has 1 aromatic rings. The molecule has 0 saturated carbocycles. The molecule has 0 radical (unpaired) electrons. The van der Waals surface area contributed by atoms with Crippen LogP contribution in [0.1, 0.15) is 18.4 Å². The second-order valence-electron chi connectivity index (χ2n) is 4.52. The lowest BCUT2D eigenvalue weighted by Gasteiger charge is -2.13. The van der Waals surface area contributed by atoms with Crippen LogP contribution in [0.4, 0.5) is 4.39 Å². The van der Waals surface area contributed by atoms with Crippen molar-refractivity contribution in [3.63, 3.8) is 0 Å². The topological polar surface area (TPSA) is 75.6 Å². The van der Waals surface area contributed by atoms with Crippen molar-refractivity contribution in [2.45, 2.75) is 30.4 Å². The predicted octanol–water partition coefficient (Wildman–Crippen LogP) is 1.43. The summed E-state index contributed by atoms with van der Waals surface area (Å²) in [6.45, 7) is 0.0655. The molecule has 2 N–H and O–H groups in total. The molecule has 0 aliphatic carbocycles. The summed E-state index contributed by atoms with van der Waals surface area (Å²) in [5.41, 5.74) is -0.157. The first-order chi connectivity index (χ1) is 9.44. The molecule has 20 heavy (non-hydrogen) atoms. The Kier molecular flexibility index (Phi) is 4.98. The molecular formula is C12H15ClFNO4S. The minimum absolute atomic E-state index is 0.0490. The maximum atomic E-state index is 14.0. The van der Waals surface area contributed by atoms with Crippen LogP contribution in [0.25, 0.3) is 0 Å². The second kappa shape index (κ2) is 6.36. The normalized spacial score (nSPS) is 19.4. The van der Waals surface area contributed by atoms with Gasteiger partial charge in [0.2, 0.25) is 10.0 Å². The standard InChI is InChI=1S/C12H15ClFNO4S/c13-9-4-8(7-16)12(14)11(5-9)20(17,18)15-6-10-2-1-3-19-10/h4-5,10,15-16H,1-3,6-7H2. The van der Waals surface area contributed by atoms with Crippen LogP contribution >= 0.6 is 11.6 Å². The fourth-order valence-corrected chi connectivity index (χ4v) is 3.53. The first-order valence-electron chi connectivity index (χ1n) is 6.14. The van der Waals surface area contributed by atoms with Crippen LogP contribution in [-0.4, -0.2) is 32.8 Å². The largest absolute Gasteiger partial charge is 0.392 e. The van der Waals surface area contributed by atoms with Crippen molar-refractivity contribution in [1.29, 1.82) is 0 Å². The summed E-state index contributed by atoms with van der Waals surface area (Å²) >= 11 is 5.74. The lowest BCUT2D eigenvalue weighted by molar-refractivity contribution is 0.114. The summed E-state index contributed by atoms with van der Waals surface area (Å²) in [4.78, 5) is -0.563. The zero-order chi connectivity index (χ0) is 14.8. The van der Waals surface area contributed by atoms with Crippen molar-refractivity contribution >= 4 is 21.6 Å². The van der Waals surface area contributed by atoms with Gasteiger partial charge in [0.15, 0.2) is 0 Å². The van der Waals surface area contributed by atoms with Crippen molar-refractivity contribution in [3.05, 3.63) is 28.5 Å². The highest BCUT2D eigenvalue weighted by atomic mass is 35.5. The van der Waals surface area contributed by atoms with Crippen LogP contribution in [0.3, 0.4) is 0 Å². The molecule has 1 aliphatic heterocycles. The third-order valence-electron chi connectivity index (χ3n) is 3.06. The zero-order valence-corrected chi connectivity index (χ0v) is 12.2. The fourth-order valence-electron chi connectivity index (χ4n) is 2.01. The zero-order valence-electron chi connectivity index (χ0n) is 10.6. The highest BCUT2D eigenvalue weighted by Crippen LogP contribution is 2.24. The maximum Gasteiger partial charge on any atom is 0.243 e. The summed E-state index contributed by atoms with van der Waals surface area (Å²) in [6.07, 6.45) is 1.46. The van der Waals surface area contributed by atoms with Gasteiger partial charge in [0, 0.05) is 23.7 Å². The van der Waals surface area contributed by atoms with Gasteiger partial charge < -0.3 is 9.84 Å². The van der Waals surface area contributed by atoms with Crippen LogP contribution in [-0.2, 0) is 21.4 Å². The summed E-state index contributed by atoms with van der Waals surface area (Å²) in [6, 6.07) is 2.21. The van der Waals surface area contributed by atoms with Crippen LogP contribution in [0.5, 0.6) is 0 Å². The van der Waals surface area contributed by atoms with E-state index >= 15 is 0 Å². The van der Waals surface area contributed by atoms with Gasteiger partial charge in [0.05, 0.1) is 12.7 Å². The van der Waals surface area contributed by atoms with E-state index in [0.717, 1.165) is 18.9 Å². The molecule has 0 bridgehead atoms. The molecule has 1 heterocycles. The quantitative estimate of drug-likeness (QED) is 0.859. The Hall–Kier alpha value is -0.730. The van der Waals surface area contributed by atoms with Crippen molar-refractivity contribution in [2.24, 2.45) is 0 Å². The first kappa shape index (κ1) is 15.7. The Morgan fingerprint density at radius 3 is 2.85 bits per heavy atom. The minimum atomic E-state index is -4.03. The van der Waals surface area contributed by atoms with Crippen LogP contribution < -0.4 is 4.72 Å². The third-order valence-corrected chi connectivity index (χ3v) is 4.71. The number of sulfonamides is 1. The Labute approximate surface area is 121 Å². The van der Waals surface area contributed by atoms with Gasteiger partial charge in [-0.1, -0.05) is 11.6 Å². The Bertz CT molecular complexity index is 587.